The summed E-state index contributed by atoms with van der Waals surface area (Å²) in [6.45, 7) is 7.45. The van der Waals surface area contributed by atoms with Gasteiger partial charge in [0.05, 0.1) is 0 Å². The van der Waals surface area contributed by atoms with E-state index in [1.165, 1.54) is 0 Å². The summed E-state index contributed by atoms with van der Waals surface area (Å²) in [7, 11) is 0. The van der Waals surface area contributed by atoms with E-state index in [0.29, 0.717) is 23.4 Å². The van der Waals surface area contributed by atoms with Gasteiger partial charge in [-0.05, 0) is 62.6 Å². The topological polar surface area (TPSA) is 96.5 Å². The zero-order chi connectivity index (χ0) is 22.1. The lowest BCUT2D eigenvalue weighted by atomic mass is 10.1. The Labute approximate surface area is 177 Å². The van der Waals surface area contributed by atoms with Crippen molar-refractivity contribution in [3.05, 3.63) is 59.2 Å². The highest BCUT2D eigenvalue weighted by Gasteiger charge is 2.17. The molecule has 2 aromatic rings. The van der Waals surface area contributed by atoms with Gasteiger partial charge < -0.3 is 10.1 Å². The highest BCUT2D eigenvalue weighted by molar-refractivity contribution is 5.97. The molecule has 3 N–H and O–H groups in total. The Morgan fingerprint density at radius 3 is 2.20 bits per heavy atom. The minimum atomic E-state index is -0.786. The summed E-state index contributed by atoms with van der Waals surface area (Å²) in [5.41, 5.74) is 7.59. The van der Waals surface area contributed by atoms with E-state index in [1.54, 1.807) is 31.2 Å². The summed E-state index contributed by atoms with van der Waals surface area (Å²) in [4.78, 5) is 36.3. The molecule has 0 spiro atoms. The van der Waals surface area contributed by atoms with Crippen molar-refractivity contribution in [1.29, 1.82) is 0 Å². The second-order valence-electron chi connectivity index (χ2n) is 7.15. The molecule has 0 saturated heterocycles. The van der Waals surface area contributed by atoms with Crippen molar-refractivity contribution in [2.24, 2.45) is 0 Å². The largest absolute Gasteiger partial charge is 0.480 e. The highest BCUT2D eigenvalue weighted by atomic mass is 16.5. The maximum absolute atomic E-state index is 12.3. The maximum atomic E-state index is 12.3. The number of unbranched alkanes of at least 4 members (excludes halogenated alkanes) is 1. The summed E-state index contributed by atoms with van der Waals surface area (Å²) in [6, 6.07) is 12.2. The monoisotopic (exact) mass is 411 g/mol. The van der Waals surface area contributed by atoms with Crippen molar-refractivity contribution < 1.29 is 19.1 Å². The zero-order valence-electron chi connectivity index (χ0n) is 17.9. The Hall–Kier alpha value is -3.35. The van der Waals surface area contributed by atoms with E-state index in [2.05, 4.69) is 16.2 Å². The number of para-hydroxylation sites is 1. The Bertz CT molecular complexity index is 874. The molecule has 2 aromatic carbocycles. The Balaban J connectivity index is 1.85. The lowest BCUT2D eigenvalue weighted by molar-refractivity contribution is -0.128. The molecule has 1 atom stereocenters. The van der Waals surface area contributed by atoms with E-state index in [4.69, 9.17) is 4.74 Å². The van der Waals surface area contributed by atoms with Gasteiger partial charge in [0.15, 0.2) is 6.10 Å². The highest BCUT2D eigenvalue weighted by Crippen LogP contribution is 2.23. The van der Waals surface area contributed by atoms with Gasteiger partial charge in [0.25, 0.3) is 11.8 Å². The number of hydrazine groups is 1. The van der Waals surface area contributed by atoms with Crippen LogP contribution in [0, 0.1) is 13.8 Å². The van der Waals surface area contributed by atoms with E-state index in [9.17, 15) is 14.4 Å². The van der Waals surface area contributed by atoms with Crippen molar-refractivity contribution in [3.8, 4) is 5.75 Å². The van der Waals surface area contributed by atoms with Crippen LogP contribution in [0.15, 0.2) is 42.5 Å². The number of nitrogens with one attached hydrogen (secondary N) is 3. The van der Waals surface area contributed by atoms with Crippen LogP contribution in [0.4, 0.5) is 5.69 Å². The van der Waals surface area contributed by atoms with Gasteiger partial charge in [-0.25, -0.2) is 0 Å². The first-order valence-corrected chi connectivity index (χ1v) is 10.0. The van der Waals surface area contributed by atoms with Gasteiger partial charge in [0, 0.05) is 17.7 Å². The molecule has 2 rings (SSSR count). The molecule has 0 aromatic heterocycles. The molecule has 0 aliphatic heterocycles. The number of hydrogen-bond acceptors (Lipinski definition) is 4. The summed E-state index contributed by atoms with van der Waals surface area (Å²) < 4.78 is 5.75. The van der Waals surface area contributed by atoms with Crippen molar-refractivity contribution >= 4 is 23.4 Å². The van der Waals surface area contributed by atoms with E-state index in [0.717, 1.165) is 24.0 Å². The Morgan fingerprint density at radius 2 is 1.60 bits per heavy atom. The molecule has 3 amide bonds. The van der Waals surface area contributed by atoms with Crippen LogP contribution in [0.5, 0.6) is 5.75 Å². The van der Waals surface area contributed by atoms with Crippen LogP contribution in [0.2, 0.25) is 0 Å². The molecular formula is C23H29N3O4. The SMILES string of the molecule is CCCCC(=O)Nc1ccc(C(=O)NNC(=O)C(C)Oc2c(C)cccc2C)cc1. The second kappa shape index (κ2) is 11.0. The first-order valence-electron chi connectivity index (χ1n) is 10.0. The summed E-state index contributed by atoms with van der Waals surface area (Å²) in [6.07, 6.45) is 1.46. The fraction of sp³-hybridized carbons (Fsp3) is 0.348. The van der Waals surface area contributed by atoms with Crippen molar-refractivity contribution in [1.82, 2.24) is 10.9 Å². The molecule has 160 valence electrons. The average Bonchev–Trinajstić information content (AvgIpc) is 2.73. The van der Waals surface area contributed by atoms with Gasteiger partial charge in [-0.3, -0.25) is 25.2 Å². The van der Waals surface area contributed by atoms with Crippen molar-refractivity contribution in [2.45, 2.75) is 53.1 Å². The van der Waals surface area contributed by atoms with Crippen LogP contribution >= 0.6 is 0 Å². The van der Waals surface area contributed by atoms with Crippen LogP contribution in [0.1, 0.15) is 54.6 Å². The predicted molar refractivity (Wildman–Crippen MR) is 116 cm³/mol. The third-order valence-corrected chi connectivity index (χ3v) is 4.56. The standard InChI is InChI=1S/C23H29N3O4/c1-5-6-10-20(27)24-19-13-11-18(12-14-19)23(29)26-25-22(28)17(4)30-21-15(2)8-7-9-16(21)3/h7-9,11-14,17H,5-6,10H2,1-4H3,(H,24,27)(H,25,28)(H,26,29). The van der Waals surface area contributed by atoms with Gasteiger partial charge >= 0.3 is 0 Å². The summed E-state index contributed by atoms with van der Waals surface area (Å²) in [5, 5.41) is 2.78. The molecule has 0 radical (unpaired) electrons. The number of anilines is 1. The third-order valence-electron chi connectivity index (χ3n) is 4.56. The smallest absolute Gasteiger partial charge is 0.279 e. The summed E-state index contributed by atoms with van der Waals surface area (Å²) in [5.74, 6) is -0.334. The number of carbonyl (C=O) groups is 3. The zero-order valence-corrected chi connectivity index (χ0v) is 17.9. The van der Waals surface area contributed by atoms with E-state index < -0.39 is 17.9 Å². The summed E-state index contributed by atoms with van der Waals surface area (Å²) >= 11 is 0. The molecule has 0 bridgehead atoms. The second-order valence-corrected chi connectivity index (χ2v) is 7.15. The van der Waals surface area contributed by atoms with Crippen LogP contribution < -0.4 is 20.9 Å². The molecule has 0 saturated carbocycles. The number of rotatable bonds is 8. The van der Waals surface area contributed by atoms with Gasteiger partial charge in [-0.1, -0.05) is 31.5 Å². The van der Waals surface area contributed by atoms with Crippen LogP contribution in [0.25, 0.3) is 0 Å². The quantitative estimate of drug-likeness (QED) is 0.578. The maximum Gasteiger partial charge on any atom is 0.279 e. The molecular weight excluding hydrogens is 382 g/mol. The molecule has 30 heavy (non-hydrogen) atoms. The van der Waals surface area contributed by atoms with Crippen LogP contribution in [-0.2, 0) is 9.59 Å². The van der Waals surface area contributed by atoms with Gasteiger partial charge in [0.1, 0.15) is 5.75 Å². The Kier molecular flexibility index (Phi) is 8.41. The molecule has 7 heteroatoms. The molecule has 7 nitrogen and oxygen atoms in total. The number of aryl methyl sites for hydroxylation is 2. The minimum absolute atomic E-state index is 0.0563. The Morgan fingerprint density at radius 1 is 0.967 bits per heavy atom. The first-order chi connectivity index (χ1) is 14.3. The van der Waals surface area contributed by atoms with Gasteiger partial charge in [-0.15, -0.1) is 0 Å². The predicted octanol–water partition coefficient (Wildman–Crippen LogP) is 3.66. The van der Waals surface area contributed by atoms with Crippen LogP contribution in [-0.4, -0.2) is 23.8 Å². The number of carbonyl (C=O) groups excluding carboxylic acids is 3. The molecule has 1 unspecified atom stereocenters. The van der Waals surface area contributed by atoms with E-state index in [1.807, 2.05) is 39.0 Å². The lowest BCUT2D eigenvalue weighted by Gasteiger charge is -2.18. The van der Waals surface area contributed by atoms with E-state index in [-0.39, 0.29) is 5.91 Å². The number of amides is 3. The first kappa shape index (κ1) is 22.9. The van der Waals surface area contributed by atoms with E-state index >= 15 is 0 Å². The fourth-order valence-corrected chi connectivity index (χ4v) is 2.77. The molecule has 0 fully saturated rings. The fourth-order valence-electron chi connectivity index (χ4n) is 2.77. The lowest BCUT2D eigenvalue weighted by Crippen LogP contribution is -2.47. The number of benzene rings is 2. The minimum Gasteiger partial charge on any atom is -0.480 e. The van der Waals surface area contributed by atoms with Gasteiger partial charge in [0.2, 0.25) is 5.91 Å². The number of hydrogen-bond donors (Lipinski definition) is 3. The average molecular weight is 412 g/mol. The van der Waals surface area contributed by atoms with Crippen LogP contribution in [0.3, 0.4) is 0 Å². The normalized spacial score (nSPS) is 11.3. The third kappa shape index (κ3) is 6.62. The van der Waals surface area contributed by atoms with Crippen molar-refractivity contribution in [2.75, 3.05) is 5.32 Å². The molecule has 0 heterocycles. The molecule has 0 aliphatic rings. The number of ether oxygens (including phenoxy) is 1. The van der Waals surface area contributed by atoms with Crippen molar-refractivity contribution in [3.63, 3.8) is 0 Å². The molecule has 0 aliphatic carbocycles. The van der Waals surface area contributed by atoms with Gasteiger partial charge in [-0.2, -0.15) is 0 Å².